The van der Waals surface area contributed by atoms with Crippen LogP contribution >= 0.6 is 0 Å². The summed E-state index contributed by atoms with van der Waals surface area (Å²) in [5.41, 5.74) is 4.96. The number of hydrogen-bond acceptors (Lipinski definition) is 3. The molecule has 0 aromatic carbocycles. The first-order valence-electron chi connectivity index (χ1n) is 5.87. The highest BCUT2D eigenvalue weighted by molar-refractivity contribution is 5.36. The summed E-state index contributed by atoms with van der Waals surface area (Å²) in [6.45, 7) is 4.44. The van der Waals surface area contributed by atoms with Crippen LogP contribution in [0.25, 0.3) is 0 Å². The molecule has 0 atom stereocenters. The maximum Gasteiger partial charge on any atom is 0.417 e. The van der Waals surface area contributed by atoms with Crippen LogP contribution in [-0.4, -0.2) is 17.1 Å². The molecule has 6 heteroatoms. The van der Waals surface area contributed by atoms with Crippen molar-refractivity contribution in [2.45, 2.75) is 38.4 Å². The van der Waals surface area contributed by atoms with Crippen LogP contribution in [0.3, 0.4) is 0 Å². The monoisotopic (exact) mass is 261 g/mol. The van der Waals surface area contributed by atoms with Crippen LogP contribution in [-0.2, 0) is 6.18 Å². The summed E-state index contributed by atoms with van der Waals surface area (Å²) in [6.07, 6.45) is -1.96. The molecule has 0 aliphatic heterocycles. The number of rotatable bonds is 5. The third-order valence-electron chi connectivity index (χ3n) is 3.12. The van der Waals surface area contributed by atoms with Crippen molar-refractivity contribution in [3.63, 3.8) is 0 Å². The second-order valence-corrected chi connectivity index (χ2v) is 4.35. The van der Waals surface area contributed by atoms with E-state index in [1.807, 2.05) is 13.8 Å². The summed E-state index contributed by atoms with van der Waals surface area (Å²) in [5.74, 6) is 0.403. The Morgan fingerprint density at radius 3 is 2.22 bits per heavy atom. The second kappa shape index (κ2) is 5.56. The zero-order chi connectivity index (χ0) is 13.8. The predicted molar refractivity (Wildman–Crippen MR) is 65.2 cm³/mol. The molecule has 0 spiro atoms. The minimum Gasteiger partial charge on any atom is -0.368 e. The topological polar surface area (TPSA) is 50.9 Å². The Balaban J connectivity index is 2.65. The number of hydrogen-bond donors (Lipinski definition) is 2. The maximum atomic E-state index is 12.3. The lowest BCUT2D eigenvalue weighted by Crippen LogP contribution is -2.45. The molecule has 0 amide bonds. The van der Waals surface area contributed by atoms with Gasteiger partial charge in [0, 0.05) is 18.3 Å². The van der Waals surface area contributed by atoms with Crippen molar-refractivity contribution >= 4 is 5.82 Å². The third-order valence-corrected chi connectivity index (χ3v) is 3.12. The van der Waals surface area contributed by atoms with Crippen molar-refractivity contribution in [3.05, 3.63) is 23.9 Å². The fraction of sp³-hybridized carbons (Fsp3) is 0.583. The van der Waals surface area contributed by atoms with Gasteiger partial charge in [0.15, 0.2) is 0 Å². The molecule has 18 heavy (non-hydrogen) atoms. The Kier molecular flexibility index (Phi) is 4.56. The Labute approximate surface area is 105 Å². The lowest BCUT2D eigenvalue weighted by molar-refractivity contribution is -0.137. The summed E-state index contributed by atoms with van der Waals surface area (Å²) >= 11 is 0. The Morgan fingerprint density at radius 2 is 1.83 bits per heavy atom. The highest BCUT2D eigenvalue weighted by Crippen LogP contribution is 2.28. The lowest BCUT2D eigenvalue weighted by atomic mass is 9.94. The molecular formula is C12H18F3N3. The smallest absolute Gasteiger partial charge is 0.368 e. The summed E-state index contributed by atoms with van der Waals surface area (Å²) in [5, 5.41) is 2.96. The van der Waals surface area contributed by atoms with E-state index < -0.39 is 11.7 Å². The molecule has 0 bridgehead atoms. The van der Waals surface area contributed by atoms with E-state index in [1.54, 1.807) is 0 Å². The van der Waals surface area contributed by atoms with Crippen molar-refractivity contribution < 1.29 is 13.2 Å². The number of aromatic nitrogens is 1. The first-order valence-corrected chi connectivity index (χ1v) is 5.87. The molecule has 1 heterocycles. The maximum absolute atomic E-state index is 12.3. The van der Waals surface area contributed by atoms with E-state index in [2.05, 4.69) is 10.3 Å². The third kappa shape index (κ3) is 3.87. The van der Waals surface area contributed by atoms with Crippen LogP contribution in [0, 0.1) is 0 Å². The summed E-state index contributed by atoms with van der Waals surface area (Å²) in [7, 11) is 0. The highest BCUT2D eigenvalue weighted by atomic mass is 19.4. The van der Waals surface area contributed by atoms with Crippen LogP contribution in [0.5, 0.6) is 0 Å². The van der Waals surface area contributed by atoms with Gasteiger partial charge in [0.05, 0.1) is 5.56 Å². The molecule has 0 saturated heterocycles. The van der Waals surface area contributed by atoms with Gasteiger partial charge in [-0.2, -0.15) is 13.2 Å². The van der Waals surface area contributed by atoms with E-state index >= 15 is 0 Å². The molecular weight excluding hydrogens is 243 g/mol. The average molecular weight is 261 g/mol. The van der Waals surface area contributed by atoms with Gasteiger partial charge >= 0.3 is 6.18 Å². The van der Waals surface area contributed by atoms with E-state index in [0.717, 1.165) is 25.1 Å². The molecule has 3 N–H and O–H groups in total. The molecule has 1 aromatic heterocycles. The van der Waals surface area contributed by atoms with Gasteiger partial charge in [-0.3, -0.25) is 0 Å². The van der Waals surface area contributed by atoms with Crippen LogP contribution < -0.4 is 11.1 Å². The Bertz CT molecular complexity index is 369. The average Bonchev–Trinajstić information content (AvgIpc) is 2.35. The first-order chi connectivity index (χ1) is 8.30. The van der Waals surface area contributed by atoms with Gasteiger partial charge in [-0.15, -0.1) is 0 Å². The molecule has 0 aliphatic carbocycles. The number of pyridine rings is 1. The van der Waals surface area contributed by atoms with Crippen molar-refractivity contribution in [2.24, 2.45) is 5.73 Å². The van der Waals surface area contributed by atoms with Gasteiger partial charge < -0.3 is 11.1 Å². The minimum atomic E-state index is -4.35. The zero-order valence-electron chi connectivity index (χ0n) is 10.5. The Morgan fingerprint density at radius 1 is 1.22 bits per heavy atom. The summed E-state index contributed by atoms with van der Waals surface area (Å²) in [6, 6.07) is 2.32. The van der Waals surface area contributed by atoms with Gasteiger partial charge in [-0.05, 0) is 25.0 Å². The molecule has 0 saturated carbocycles. The van der Waals surface area contributed by atoms with Gasteiger partial charge in [-0.1, -0.05) is 13.8 Å². The molecule has 0 unspecified atom stereocenters. The minimum absolute atomic E-state index is 0.357. The number of nitrogens with zero attached hydrogens (tertiary/aromatic N) is 1. The van der Waals surface area contributed by atoms with E-state index in [1.165, 1.54) is 6.07 Å². The number of anilines is 1. The summed E-state index contributed by atoms with van der Waals surface area (Å²) < 4.78 is 37.0. The van der Waals surface area contributed by atoms with E-state index in [4.69, 9.17) is 5.73 Å². The fourth-order valence-electron chi connectivity index (χ4n) is 1.43. The van der Waals surface area contributed by atoms with Crippen molar-refractivity contribution in [3.8, 4) is 0 Å². The van der Waals surface area contributed by atoms with E-state index in [-0.39, 0.29) is 5.54 Å². The van der Waals surface area contributed by atoms with Crippen LogP contribution in [0.2, 0.25) is 0 Å². The van der Waals surface area contributed by atoms with Crippen LogP contribution in [0.4, 0.5) is 19.0 Å². The van der Waals surface area contributed by atoms with Crippen molar-refractivity contribution in [2.75, 3.05) is 11.9 Å². The summed E-state index contributed by atoms with van der Waals surface area (Å²) in [4.78, 5) is 3.73. The standard InChI is InChI=1S/C12H18F3N3/c1-3-11(16,4-2)8-18-10-6-5-9(7-17-10)12(13,14)15/h5-7H,3-4,8,16H2,1-2H3,(H,17,18). The van der Waals surface area contributed by atoms with Crippen LogP contribution in [0.15, 0.2) is 18.3 Å². The normalized spacial score (nSPS) is 12.6. The molecule has 3 nitrogen and oxygen atoms in total. The predicted octanol–water partition coefficient (Wildman–Crippen LogP) is 3.03. The first kappa shape index (κ1) is 14.8. The fourth-order valence-corrected chi connectivity index (χ4v) is 1.43. The van der Waals surface area contributed by atoms with Crippen molar-refractivity contribution in [1.29, 1.82) is 0 Å². The number of nitrogens with one attached hydrogen (secondary N) is 1. The van der Waals surface area contributed by atoms with E-state index in [9.17, 15) is 13.2 Å². The largest absolute Gasteiger partial charge is 0.417 e. The zero-order valence-corrected chi connectivity index (χ0v) is 10.5. The van der Waals surface area contributed by atoms with Gasteiger partial charge in [-0.25, -0.2) is 4.98 Å². The highest BCUT2D eigenvalue weighted by Gasteiger charge is 2.30. The molecule has 1 rings (SSSR count). The quantitative estimate of drug-likeness (QED) is 0.856. The van der Waals surface area contributed by atoms with Crippen molar-refractivity contribution in [1.82, 2.24) is 4.98 Å². The van der Waals surface area contributed by atoms with E-state index in [0.29, 0.717) is 12.4 Å². The second-order valence-electron chi connectivity index (χ2n) is 4.35. The number of halogens is 3. The molecule has 0 radical (unpaired) electrons. The van der Waals surface area contributed by atoms with Crippen LogP contribution in [0.1, 0.15) is 32.3 Å². The molecule has 0 fully saturated rings. The number of nitrogens with two attached hydrogens (primary N) is 1. The van der Waals surface area contributed by atoms with Gasteiger partial charge in [0.2, 0.25) is 0 Å². The van der Waals surface area contributed by atoms with Gasteiger partial charge in [0.1, 0.15) is 5.82 Å². The number of alkyl halides is 3. The molecule has 1 aromatic rings. The molecule has 0 aliphatic rings. The van der Waals surface area contributed by atoms with Gasteiger partial charge in [0.25, 0.3) is 0 Å². The lowest BCUT2D eigenvalue weighted by Gasteiger charge is -2.27. The molecule has 102 valence electrons. The Hall–Kier alpha value is -1.30. The SMILES string of the molecule is CCC(N)(CC)CNc1ccc(C(F)(F)F)cn1.